The molecular formula is C20H17Cl2N3O3. The Morgan fingerprint density at radius 2 is 1.89 bits per heavy atom. The second kappa shape index (κ2) is 8.91. The van der Waals surface area contributed by atoms with Crippen LogP contribution in [0.3, 0.4) is 0 Å². The van der Waals surface area contributed by atoms with Crippen molar-refractivity contribution in [2.75, 3.05) is 11.9 Å². The number of nitrogens with one attached hydrogen (secondary N) is 1. The Balaban J connectivity index is 1.71. The van der Waals surface area contributed by atoms with E-state index >= 15 is 0 Å². The van der Waals surface area contributed by atoms with Crippen LogP contribution < -0.4 is 15.6 Å². The number of carbonyl (C=O) groups is 1. The van der Waals surface area contributed by atoms with Gasteiger partial charge in [-0.2, -0.15) is 0 Å². The number of carbonyl (C=O) groups excluding carboxylic acids is 1. The molecule has 144 valence electrons. The number of hydrogen-bond donors (Lipinski definition) is 1. The molecular weight excluding hydrogens is 401 g/mol. The van der Waals surface area contributed by atoms with Crippen molar-refractivity contribution in [2.24, 2.45) is 0 Å². The second-order valence-corrected chi connectivity index (χ2v) is 6.71. The zero-order valence-electron chi connectivity index (χ0n) is 15.0. The van der Waals surface area contributed by atoms with Gasteiger partial charge in [0.25, 0.3) is 5.56 Å². The van der Waals surface area contributed by atoms with Crippen LogP contribution in [-0.2, 0) is 11.3 Å². The smallest absolute Gasteiger partial charge is 0.254 e. The van der Waals surface area contributed by atoms with Gasteiger partial charge in [0.15, 0.2) is 0 Å². The Bertz CT molecular complexity index is 1050. The number of benzene rings is 2. The van der Waals surface area contributed by atoms with E-state index in [-0.39, 0.29) is 12.1 Å². The van der Waals surface area contributed by atoms with Crippen LogP contribution in [0.25, 0.3) is 11.3 Å². The van der Waals surface area contributed by atoms with Gasteiger partial charge in [-0.05, 0) is 49.4 Å². The van der Waals surface area contributed by atoms with Crippen LogP contribution in [0.4, 0.5) is 5.69 Å². The van der Waals surface area contributed by atoms with E-state index in [9.17, 15) is 9.59 Å². The quantitative estimate of drug-likeness (QED) is 0.650. The lowest BCUT2D eigenvalue weighted by atomic mass is 10.1. The number of hydrogen-bond acceptors (Lipinski definition) is 4. The van der Waals surface area contributed by atoms with Crippen molar-refractivity contribution < 1.29 is 9.53 Å². The van der Waals surface area contributed by atoms with Gasteiger partial charge in [0, 0.05) is 16.7 Å². The largest absolute Gasteiger partial charge is 0.494 e. The van der Waals surface area contributed by atoms with Gasteiger partial charge < -0.3 is 10.1 Å². The fourth-order valence-electron chi connectivity index (χ4n) is 2.53. The molecule has 0 saturated carbocycles. The number of ether oxygens (including phenoxy) is 1. The minimum atomic E-state index is -0.401. The van der Waals surface area contributed by atoms with Crippen LogP contribution >= 0.6 is 23.2 Å². The summed E-state index contributed by atoms with van der Waals surface area (Å²) >= 11 is 11.9. The van der Waals surface area contributed by atoms with Gasteiger partial charge in [-0.3, -0.25) is 14.2 Å². The molecule has 28 heavy (non-hydrogen) atoms. The van der Waals surface area contributed by atoms with E-state index in [1.807, 2.05) is 31.2 Å². The minimum absolute atomic E-state index is 0.186. The summed E-state index contributed by atoms with van der Waals surface area (Å²) in [5.41, 5.74) is 1.38. The SMILES string of the molecule is CCOc1ccc(-c2cc(=O)n(CC(=O)Nc3ccc(Cl)cc3Cl)cn2)cc1. The van der Waals surface area contributed by atoms with Crippen molar-refractivity contribution >= 4 is 34.8 Å². The molecule has 0 spiro atoms. The highest BCUT2D eigenvalue weighted by atomic mass is 35.5. The Morgan fingerprint density at radius 3 is 2.54 bits per heavy atom. The van der Waals surface area contributed by atoms with Crippen LogP contribution in [0, 0.1) is 0 Å². The van der Waals surface area contributed by atoms with Crippen molar-refractivity contribution in [1.82, 2.24) is 9.55 Å². The number of halogens is 2. The molecule has 6 nitrogen and oxygen atoms in total. The Kier molecular flexibility index (Phi) is 6.34. The molecule has 0 saturated heterocycles. The van der Waals surface area contributed by atoms with Gasteiger partial charge in [0.1, 0.15) is 12.3 Å². The molecule has 0 aliphatic heterocycles. The maximum absolute atomic E-state index is 12.4. The van der Waals surface area contributed by atoms with Crippen molar-refractivity contribution in [3.8, 4) is 17.0 Å². The van der Waals surface area contributed by atoms with Gasteiger partial charge in [-0.15, -0.1) is 0 Å². The van der Waals surface area contributed by atoms with Crippen LogP contribution in [0.5, 0.6) is 5.75 Å². The van der Waals surface area contributed by atoms with Crippen LogP contribution in [0.2, 0.25) is 10.0 Å². The third-order valence-electron chi connectivity index (χ3n) is 3.86. The molecule has 0 aliphatic carbocycles. The highest BCUT2D eigenvalue weighted by molar-refractivity contribution is 6.36. The van der Waals surface area contributed by atoms with E-state index in [0.29, 0.717) is 28.0 Å². The molecule has 0 aliphatic rings. The van der Waals surface area contributed by atoms with Crippen LogP contribution in [-0.4, -0.2) is 22.1 Å². The molecule has 0 unspecified atom stereocenters. The lowest BCUT2D eigenvalue weighted by Crippen LogP contribution is -2.27. The van der Waals surface area contributed by atoms with Gasteiger partial charge in [0.2, 0.25) is 5.91 Å². The van der Waals surface area contributed by atoms with Crippen molar-refractivity contribution in [3.05, 3.63) is 75.3 Å². The lowest BCUT2D eigenvalue weighted by molar-refractivity contribution is -0.116. The topological polar surface area (TPSA) is 73.2 Å². The van der Waals surface area contributed by atoms with Crippen LogP contribution in [0.1, 0.15) is 6.92 Å². The number of anilines is 1. The van der Waals surface area contributed by atoms with E-state index in [4.69, 9.17) is 27.9 Å². The van der Waals surface area contributed by atoms with Crippen molar-refractivity contribution in [2.45, 2.75) is 13.5 Å². The molecule has 0 fully saturated rings. The van der Waals surface area contributed by atoms with E-state index < -0.39 is 5.91 Å². The fourth-order valence-corrected chi connectivity index (χ4v) is 2.98. The Hall–Kier alpha value is -2.83. The van der Waals surface area contributed by atoms with Crippen LogP contribution in [0.15, 0.2) is 59.7 Å². The highest BCUT2D eigenvalue weighted by Crippen LogP contribution is 2.25. The van der Waals surface area contributed by atoms with Crippen molar-refractivity contribution in [1.29, 1.82) is 0 Å². The molecule has 1 amide bonds. The molecule has 0 radical (unpaired) electrons. The first kappa shape index (κ1) is 19.9. The molecule has 1 N–H and O–H groups in total. The molecule has 1 heterocycles. The highest BCUT2D eigenvalue weighted by Gasteiger charge is 2.10. The molecule has 8 heteroatoms. The standard InChI is InChI=1S/C20H17Cl2N3O3/c1-2-28-15-6-3-13(4-7-15)18-10-20(27)25(12-23-18)11-19(26)24-17-8-5-14(21)9-16(17)22/h3-10,12H,2,11H2,1H3,(H,24,26). The molecule has 0 atom stereocenters. The summed E-state index contributed by atoms with van der Waals surface area (Å²) in [4.78, 5) is 28.9. The molecule has 3 rings (SSSR count). The number of aromatic nitrogens is 2. The maximum atomic E-state index is 12.4. The average molecular weight is 418 g/mol. The first-order chi connectivity index (χ1) is 13.5. The molecule has 2 aromatic carbocycles. The predicted molar refractivity (Wildman–Crippen MR) is 110 cm³/mol. The monoisotopic (exact) mass is 417 g/mol. The van der Waals surface area contributed by atoms with E-state index in [1.165, 1.54) is 23.0 Å². The molecule has 1 aromatic heterocycles. The second-order valence-electron chi connectivity index (χ2n) is 5.87. The minimum Gasteiger partial charge on any atom is -0.494 e. The number of nitrogens with zero attached hydrogens (tertiary/aromatic N) is 2. The van der Waals surface area contributed by atoms with E-state index in [1.54, 1.807) is 12.1 Å². The zero-order valence-corrected chi connectivity index (χ0v) is 16.5. The van der Waals surface area contributed by atoms with Gasteiger partial charge >= 0.3 is 0 Å². The van der Waals surface area contributed by atoms with Gasteiger partial charge in [0.05, 0.1) is 29.3 Å². The summed E-state index contributed by atoms with van der Waals surface area (Å²) in [5.74, 6) is 0.346. The summed E-state index contributed by atoms with van der Waals surface area (Å²) in [5, 5.41) is 3.43. The summed E-state index contributed by atoms with van der Waals surface area (Å²) in [6.45, 7) is 2.30. The first-order valence-electron chi connectivity index (χ1n) is 8.51. The third-order valence-corrected chi connectivity index (χ3v) is 4.41. The van der Waals surface area contributed by atoms with Gasteiger partial charge in [-0.1, -0.05) is 23.2 Å². The van der Waals surface area contributed by atoms with Gasteiger partial charge in [-0.25, -0.2) is 4.98 Å². The van der Waals surface area contributed by atoms with Crippen molar-refractivity contribution in [3.63, 3.8) is 0 Å². The maximum Gasteiger partial charge on any atom is 0.254 e. The molecule has 0 bridgehead atoms. The van der Waals surface area contributed by atoms with E-state index in [0.717, 1.165) is 11.3 Å². The normalized spacial score (nSPS) is 10.5. The fraction of sp³-hybridized carbons (Fsp3) is 0.150. The zero-order chi connectivity index (χ0) is 20.1. The molecule has 3 aromatic rings. The average Bonchev–Trinajstić information content (AvgIpc) is 2.67. The summed E-state index contributed by atoms with van der Waals surface area (Å²) in [6.07, 6.45) is 1.34. The Labute approximate surface area is 171 Å². The summed E-state index contributed by atoms with van der Waals surface area (Å²) in [6, 6.07) is 13.4. The third kappa shape index (κ3) is 4.91. The summed E-state index contributed by atoms with van der Waals surface area (Å²) in [7, 11) is 0. The predicted octanol–water partition coefficient (Wildman–Crippen LogP) is 4.25. The Morgan fingerprint density at radius 1 is 1.14 bits per heavy atom. The number of amides is 1. The summed E-state index contributed by atoms with van der Waals surface area (Å²) < 4.78 is 6.62. The van der Waals surface area contributed by atoms with E-state index in [2.05, 4.69) is 10.3 Å². The lowest BCUT2D eigenvalue weighted by Gasteiger charge is -2.09. The number of rotatable bonds is 6. The first-order valence-corrected chi connectivity index (χ1v) is 9.26.